The van der Waals surface area contributed by atoms with Gasteiger partial charge in [0.05, 0.1) is 7.11 Å². The first-order chi connectivity index (χ1) is 14.4. The number of carbonyl (C=O) groups is 3. The predicted octanol–water partition coefficient (Wildman–Crippen LogP) is 3.25. The second kappa shape index (κ2) is 11.3. The molecule has 2 amide bonds. The van der Waals surface area contributed by atoms with Crippen LogP contribution in [-0.4, -0.2) is 38.1 Å². The van der Waals surface area contributed by atoms with Crippen LogP contribution in [0, 0.1) is 0 Å². The van der Waals surface area contributed by atoms with E-state index < -0.39 is 18.5 Å². The van der Waals surface area contributed by atoms with E-state index in [0.717, 1.165) is 5.56 Å². The lowest BCUT2D eigenvalue weighted by molar-refractivity contribution is -0.149. The van der Waals surface area contributed by atoms with E-state index >= 15 is 0 Å². The van der Waals surface area contributed by atoms with Crippen LogP contribution in [0.25, 0.3) is 6.08 Å². The van der Waals surface area contributed by atoms with Gasteiger partial charge in [-0.05, 0) is 48.9 Å². The first-order valence-electron chi connectivity index (χ1n) is 9.18. The Morgan fingerprint density at radius 1 is 0.933 bits per heavy atom. The summed E-state index contributed by atoms with van der Waals surface area (Å²) in [4.78, 5) is 34.8. The molecule has 0 unspecified atom stereocenters. The molecule has 0 heterocycles. The fourth-order valence-corrected chi connectivity index (χ4v) is 2.46. The summed E-state index contributed by atoms with van der Waals surface area (Å²) in [5, 5.41) is 5.22. The van der Waals surface area contributed by atoms with Crippen molar-refractivity contribution < 1.29 is 28.6 Å². The smallest absolute Gasteiger partial charge is 0.344 e. The third-order valence-corrected chi connectivity index (χ3v) is 3.75. The largest absolute Gasteiger partial charge is 0.493 e. The molecule has 2 aromatic carbocycles. The molecule has 158 valence electrons. The monoisotopic (exact) mass is 412 g/mol. The Morgan fingerprint density at radius 3 is 2.20 bits per heavy atom. The molecular weight excluding hydrogens is 388 g/mol. The maximum atomic E-state index is 11.9. The molecule has 0 saturated heterocycles. The molecule has 0 radical (unpaired) electrons. The molecule has 30 heavy (non-hydrogen) atoms. The van der Waals surface area contributed by atoms with Gasteiger partial charge in [0.25, 0.3) is 5.91 Å². The Balaban J connectivity index is 1.79. The molecule has 2 rings (SSSR count). The summed E-state index contributed by atoms with van der Waals surface area (Å²) in [5.74, 6) is -0.493. The number of hydrogen-bond acceptors (Lipinski definition) is 6. The maximum absolute atomic E-state index is 11.9. The lowest BCUT2D eigenvalue weighted by atomic mass is 10.2. The number of rotatable bonds is 9. The van der Waals surface area contributed by atoms with Crippen molar-refractivity contribution in [3.05, 3.63) is 54.1 Å². The molecule has 0 aliphatic rings. The van der Waals surface area contributed by atoms with E-state index in [9.17, 15) is 14.4 Å². The molecule has 0 bridgehead atoms. The lowest BCUT2D eigenvalue weighted by Gasteiger charge is -2.11. The van der Waals surface area contributed by atoms with Gasteiger partial charge in [-0.1, -0.05) is 18.2 Å². The van der Waals surface area contributed by atoms with Crippen molar-refractivity contribution in [2.75, 3.05) is 31.0 Å². The number of benzene rings is 2. The summed E-state index contributed by atoms with van der Waals surface area (Å²) in [6, 6.07) is 11.8. The molecular formula is C22H24N2O6. The van der Waals surface area contributed by atoms with Crippen molar-refractivity contribution in [1.82, 2.24) is 0 Å². The van der Waals surface area contributed by atoms with Crippen LogP contribution in [-0.2, 0) is 19.1 Å². The van der Waals surface area contributed by atoms with Crippen LogP contribution in [0.2, 0.25) is 0 Å². The maximum Gasteiger partial charge on any atom is 0.344 e. The number of esters is 1. The fraction of sp³-hybridized carbons (Fsp3) is 0.227. The van der Waals surface area contributed by atoms with Crippen LogP contribution < -0.4 is 20.1 Å². The summed E-state index contributed by atoms with van der Waals surface area (Å²) in [7, 11) is 1.51. The van der Waals surface area contributed by atoms with Gasteiger partial charge >= 0.3 is 5.97 Å². The molecule has 8 heteroatoms. The normalized spacial score (nSPS) is 10.4. The quantitative estimate of drug-likeness (QED) is 0.613. The summed E-state index contributed by atoms with van der Waals surface area (Å²) < 4.78 is 15.6. The third-order valence-electron chi connectivity index (χ3n) is 3.75. The Kier molecular flexibility index (Phi) is 8.43. The average Bonchev–Trinajstić information content (AvgIpc) is 2.72. The van der Waals surface area contributed by atoms with Gasteiger partial charge in [-0.15, -0.1) is 0 Å². The Labute approximate surface area is 174 Å². The standard InChI is InChI=1S/C22H24N2O6/c1-4-5-16-6-11-19(20(12-16)28-3)29-14-22(27)30-13-21(26)24-18-9-7-17(8-10-18)23-15(2)25/h4-12H,13-14H2,1-3H3,(H,23,25)(H,24,26)/b5-4+. The molecule has 0 saturated carbocycles. The Hall–Kier alpha value is -3.81. The van der Waals surface area contributed by atoms with E-state index in [0.29, 0.717) is 22.9 Å². The van der Waals surface area contributed by atoms with Crippen LogP contribution in [0.4, 0.5) is 11.4 Å². The molecule has 2 N–H and O–H groups in total. The van der Waals surface area contributed by atoms with Crippen LogP contribution in [0.1, 0.15) is 19.4 Å². The van der Waals surface area contributed by atoms with E-state index in [1.165, 1.54) is 14.0 Å². The van der Waals surface area contributed by atoms with E-state index in [2.05, 4.69) is 10.6 Å². The number of allylic oxidation sites excluding steroid dienone is 1. The number of carbonyl (C=O) groups excluding carboxylic acids is 3. The van der Waals surface area contributed by atoms with Crippen molar-refractivity contribution in [2.24, 2.45) is 0 Å². The highest BCUT2D eigenvalue weighted by molar-refractivity contribution is 5.93. The molecule has 2 aromatic rings. The van der Waals surface area contributed by atoms with Crippen LogP contribution in [0.15, 0.2) is 48.5 Å². The van der Waals surface area contributed by atoms with E-state index in [-0.39, 0.29) is 12.5 Å². The van der Waals surface area contributed by atoms with Gasteiger partial charge in [0.15, 0.2) is 24.7 Å². The van der Waals surface area contributed by atoms with Gasteiger partial charge in [-0.3, -0.25) is 9.59 Å². The molecule has 8 nitrogen and oxygen atoms in total. The number of hydrogen-bond donors (Lipinski definition) is 2. The highest BCUT2D eigenvalue weighted by Gasteiger charge is 2.11. The fourth-order valence-electron chi connectivity index (χ4n) is 2.46. The number of nitrogens with one attached hydrogen (secondary N) is 2. The Morgan fingerprint density at radius 2 is 1.60 bits per heavy atom. The minimum absolute atomic E-state index is 0.188. The highest BCUT2D eigenvalue weighted by Crippen LogP contribution is 2.28. The molecule has 0 spiro atoms. The number of ether oxygens (including phenoxy) is 3. The van der Waals surface area contributed by atoms with Gasteiger partial charge in [0, 0.05) is 18.3 Å². The van der Waals surface area contributed by atoms with E-state index in [4.69, 9.17) is 14.2 Å². The number of amides is 2. The third kappa shape index (κ3) is 7.31. The zero-order valence-electron chi connectivity index (χ0n) is 17.1. The van der Waals surface area contributed by atoms with Gasteiger partial charge in [0.2, 0.25) is 5.91 Å². The molecule has 0 aliphatic heterocycles. The van der Waals surface area contributed by atoms with Gasteiger partial charge in [-0.2, -0.15) is 0 Å². The molecule has 0 atom stereocenters. The lowest BCUT2D eigenvalue weighted by Crippen LogP contribution is -2.23. The van der Waals surface area contributed by atoms with Crippen LogP contribution in [0.3, 0.4) is 0 Å². The highest BCUT2D eigenvalue weighted by atomic mass is 16.6. The Bertz CT molecular complexity index is 922. The minimum atomic E-state index is -0.689. The topological polar surface area (TPSA) is 103 Å². The summed E-state index contributed by atoms with van der Waals surface area (Å²) in [6.45, 7) is 2.50. The first kappa shape index (κ1) is 22.5. The number of methoxy groups -OCH3 is 1. The van der Waals surface area contributed by atoms with Crippen LogP contribution >= 0.6 is 0 Å². The average molecular weight is 412 g/mol. The second-order valence-electron chi connectivity index (χ2n) is 6.17. The molecule has 0 fully saturated rings. The van der Waals surface area contributed by atoms with Crippen molar-refractivity contribution in [3.8, 4) is 11.5 Å². The number of anilines is 2. The first-order valence-corrected chi connectivity index (χ1v) is 9.18. The minimum Gasteiger partial charge on any atom is -0.493 e. The van der Waals surface area contributed by atoms with Crippen molar-refractivity contribution in [1.29, 1.82) is 0 Å². The predicted molar refractivity (Wildman–Crippen MR) is 114 cm³/mol. The van der Waals surface area contributed by atoms with Crippen LogP contribution in [0.5, 0.6) is 11.5 Å². The molecule has 0 aromatic heterocycles. The summed E-state index contributed by atoms with van der Waals surface area (Å²) in [5.41, 5.74) is 2.05. The zero-order valence-corrected chi connectivity index (χ0v) is 17.1. The zero-order chi connectivity index (χ0) is 21.9. The summed E-state index contributed by atoms with van der Waals surface area (Å²) in [6.07, 6.45) is 3.81. The van der Waals surface area contributed by atoms with Crippen molar-refractivity contribution >= 4 is 35.2 Å². The van der Waals surface area contributed by atoms with Gasteiger partial charge in [0.1, 0.15) is 0 Å². The SMILES string of the molecule is C/C=C/c1ccc(OCC(=O)OCC(=O)Nc2ccc(NC(C)=O)cc2)c(OC)c1. The van der Waals surface area contributed by atoms with Crippen molar-refractivity contribution in [2.45, 2.75) is 13.8 Å². The summed E-state index contributed by atoms with van der Waals surface area (Å²) >= 11 is 0. The second-order valence-corrected chi connectivity index (χ2v) is 6.17. The van der Waals surface area contributed by atoms with Gasteiger partial charge in [-0.25, -0.2) is 4.79 Å². The van der Waals surface area contributed by atoms with E-state index in [1.807, 2.05) is 25.1 Å². The van der Waals surface area contributed by atoms with Crippen molar-refractivity contribution in [3.63, 3.8) is 0 Å². The van der Waals surface area contributed by atoms with E-state index in [1.54, 1.807) is 36.4 Å². The van der Waals surface area contributed by atoms with Gasteiger partial charge < -0.3 is 24.8 Å². The molecule has 0 aliphatic carbocycles.